The Bertz CT molecular complexity index is 1060. The maximum absolute atomic E-state index is 12.8. The lowest BCUT2D eigenvalue weighted by molar-refractivity contribution is 0.0766. The average molecular weight is 416 g/mol. The van der Waals surface area contributed by atoms with E-state index in [0.717, 1.165) is 31.6 Å². The average Bonchev–Trinajstić information content (AvgIpc) is 3.09. The van der Waals surface area contributed by atoms with Gasteiger partial charge in [-0.25, -0.2) is 9.97 Å². The highest BCUT2D eigenvalue weighted by molar-refractivity contribution is 6.06. The molecule has 0 spiro atoms. The molecule has 8 heteroatoms. The van der Waals surface area contributed by atoms with E-state index in [1.165, 1.54) is 6.20 Å². The van der Waals surface area contributed by atoms with Crippen LogP contribution in [0.2, 0.25) is 0 Å². The summed E-state index contributed by atoms with van der Waals surface area (Å²) in [5, 5.41) is 6.06. The van der Waals surface area contributed by atoms with Crippen molar-refractivity contribution in [1.29, 1.82) is 0 Å². The number of benzene rings is 2. The van der Waals surface area contributed by atoms with Crippen LogP contribution in [0.15, 0.2) is 60.8 Å². The van der Waals surface area contributed by atoms with Gasteiger partial charge in [-0.3, -0.25) is 9.59 Å². The van der Waals surface area contributed by atoms with Gasteiger partial charge in [-0.05, 0) is 37.2 Å². The molecule has 0 atom stereocenters. The molecule has 4 N–H and O–H groups in total. The molecule has 31 heavy (non-hydrogen) atoms. The Labute approximate surface area is 180 Å². The number of nitrogens with two attached hydrogens (primary N) is 1. The summed E-state index contributed by atoms with van der Waals surface area (Å²) in [7, 11) is 0. The topological polar surface area (TPSA) is 113 Å². The Hall–Kier alpha value is -3.78. The number of hydrogen-bond acceptors (Lipinski definition) is 6. The van der Waals surface area contributed by atoms with E-state index >= 15 is 0 Å². The van der Waals surface area contributed by atoms with Crippen LogP contribution in [0, 0.1) is 0 Å². The molecule has 1 aliphatic heterocycles. The van der Waals surface area contributed by atoms with Crippen molar-refractivity contribution in [2.24, 2.45) is 0 Å². The first kappa shape index (κ1) is 20.5. The Balaban J connectivity index is 1.52. The molecule has 2 heterocycles. The van der Waals surface area contributed by atoms with Gasteiger partial charge in [0.2, 0.25) is 0 Å². The number of anilines is 2. The van der Waals surface area contributed by atoms with E-state index in [1.54, 1.807) is 24.3 Å². The van der Waals surface area contributed by atoms with Gasteiger partial charge in [-0.1, -0.05) is 30.3 Å². The zero-order valence-corrected chi connectivity index (χ0v) is 17.0. The van der Waals surface area contributed by atoms with Crippen molar-refractivity contribution >= 4 is 23.3 Å². The summed E-state index contributed by atoms with van der Waals surface area (Å²) in [6.45, 7) is 3.18. The summed E-state index contributed by atoms with van der Waals surface area (Å²) in [5.74, 6) is -0.361. The molecule has 3 aromatic rings. The van der Waals surface area contributed by atoms with Gasteiger partial charge >= 0.3 is 0 Å². The molecule has 0 radical (unpaired) electrons. The van der Waals surface area contributed by atoms with Crippen LogP contribution < -0.4 is 16.4 Å². The number of para-hydroxylation sites is 1. The Kier molecular flexibility index (Phi) is 6.18. The number of carbonyl (C=O) groups excluding carboxylic acids is 2. The minimum absolute atomic E-state index is 0.0153. The highest BCUT2D eigenvalue weighted by Crippen LogP contribution is 2.21. The largest absolute Gasteiger partial charge is 0.382 e. The van der Waals surface area contributed by atoms with Crippen LogP contribution >= 0.6 is 0 Å². The van der Waals surface area contributed by atoms with Crippen molar-refractivity contribution in [1.82, 2.24) is 20.2 Å². The van der Waals surface area contributed by atoms with E-state index in [4.69, 9.17) is 5.73 Å². The lowest BCUT2D eigenvalue weighted by Gasteiger charge is -2.20. The summed E-state index contributed by atoms with van der Waals surface area (Å²) in [5.41, 5.74) is 8.46. The van der Waals surface area contributed by atoms with E-state index in [-0.39, 0.29) is 17.4 Å². The second kappa shape index (κ2) is 9.36. The van der Waals surface area contributed by atoms with E-state index in [0.29, 0.717) is 23.5 Å². The van der Waals surface area contributed by atoms with Crippen LogP contribution in [-0.4, -0.2) is 52.9 Å². The number of amides is 2. The molecule has 2 aromatic carbocycles. The molecule has 1 aromatic heterocycles. The number of nitrogen functional groups attached to an aromatic ring is 1. The lowest BCUT2D eigenvalue weighted by atomic mass is 10.1. The number of hydrogen-bond donors (Lipinski definition) is 3. The fraction of sp³-hybridized carbons (Fsp3) is 0.217. The first-order chi connectivity index (χ1) is 15.1. The fourth-order valence-corrected chi connectivity index (χ4v) is 3.43. The maximum atomic E-state index is 12.8. The molecule has 8 nitrogen and oxygen atoms in total. The molecular weight excluding hydrogens is 392 g/mol. The minimum atomic E-state index is -0.431. The second-order valence-corrected chi connectivity index (χ2v) is 7.28. The minimum Gasteiger partial charge on any atom is -0.382 e. The highest BCUT2D eigenvalue weighted by atomic mass is 16.2. The smallest absolute Gasteiger partial charge is 0.278 e. The number of nitrogens with zero attached hydrogens (tertiary/aromatic N) is 3. The van der Waals surface area contributed by atoms with Crippen molar-refractivity contribution in [3.05, 3.63) is 72.1 Å². The van der Waals surface area contributed by atoms with Crippen LogP contribution in [0.3, 0.4) is 0 Å². The Morgan fingerprint density at radius 1 is 1.00 bits per heavy atom. The van der Waals surface area contributed by atoms with Crippen LogP contribution in [0.1, 0.15) is 27.3 Å². The van der Waals surface area contributed by atoms with Gasteiger partial charge in [0.15, 0.2) is 11.5 Å². The van der Waals surface area contributed by atoms with Crippen molar-refractivity contribution in [3.63, 3.8) is 0 Å². The molecule has 1 fully saturated rings. The zero-order chi connectivity index (χ0) is 21.6. The lowest BCUT2D eigenvalue weighted by Crippen LogP contribution is -2.34. The summed E-state index contributed by atoms with van der Waals surface area (Å²) < 4.78 is 0. The third-order valence-electron chi connectivity index (χ3n) is 5.10. The Morgan fingerprint density at radius 3 is 2.55 bits per heavy atom. The second-order valence-electron chi connectivity index (χ2n) is 7.28. The third kappa shape index (κ3) is 4.87. The van der Waals surface area contributed by atoms with E-state index in [2.05, 4.69) is 20.6 Å². The summed E-state index contributed by atoms with van der Waals surface area (Å²) in [6, 6.07) is 16.2. The number of nitrogens with one attached hydrogen (secondary N) is 2. The molecule has 0 bridgehead atoms. The van der Waals surface area contributed by atoms with Crippen molar-refractivity contribution in [3.8, 4) is 11.3 Å². The van der Waals surface area contributed by atoms with Gasteiger partial charge in [0.1, 0.15) is 0 Å². The van der Waals surface area contributed by atoms with Crippen LogP contribution in [0.25, 0.3) is 11.3 Å². The molecule has 158 valence electrons. The number of aromatic nitrogens is 2. The molecular formula is C23H24N6O2. The van der Waals surface area contributed by atoms with E-state index in [1.807, 2.05) is 35.2 Å². The molecule has 0 aliphatic carbocycles. The monoisotopic (exact) mass is 416 g/mol. The molecule has 1 aliphatic rings. The first-order valence-electron chi connectivity index (χ1n) is 10.2. The van der Waals surface area contributed by atoms with Gasteiger partial charge in [-0.15, -0.1) is 0 Å². The SMILES string of the molecule is Nc1ncc(-c2ccc(C(=O)N3CCCNCC3)cc2)nc1C(=O)Nc1ccccc1. The molecule has 2 amide bonds. The number of rotatable bonds is 4. The van der Waals surface area contributed by atoms with E-state index in [9.17, 15) is 9.59 Å². The molecule has 0 saturated carbocycles. The Morgan fingerprint density at radius 2 is 1.77 bits per heavy atom. The van der Waals surface area contributed by atoms with Gasteiger partial charge < -0.3 is 21.3 Å². The van der Waals surface area contributed by atoms with Crippen LogP contribution in [-0.2, 0) is 0 Å². The molecule has 1 saturated heterocycles. The molecule has 0 unspecified atom stereocenters. The maximum Gasteiger partial charge on any atom is 0.278 e. The van der Waals surface area contributed by atoms with Crippen molar-refractivity contribution in [2.75, 3.05) is 37.2 Å². The highest BCUT2D eigenvalue weighted by Gasteiger charge is 2.18. The van der Waals surface area contributed by atoms with Gasteiger partial charge in [0.25, 0.3) is 11.8 Å². The number of carbonyl (C=O) groups is 2. The van der Waals surface area contributed by atoms with Crippen LogP contribution in [0.5, 0.6) is 0 Å². The van der Waals surface area contributed by atoms with E-state index < -0.39 is 5.91 Å². The summed E-state index contributed by atoms with van der Waals surface area (Å²) in [6.07, 6.45) is 2.46. The predicted octanol–water partition coefficient (Wildman–Crippen LogP) is 2.41. The standard InChI is InChI=1S/C23H24N6O2/c24-21-20(22(30)27-18-5-2-1-3-6-18)28-19(15-26-21)16-7-9-17(10-8-16)23(31)29-13-4-11-25-12-14-29/h1-3,5-10,15,25H,4,11-14H2,(H2,24,26)(H,27,30). The fourth-order valence-electron chi connectivity index (χ4n) is 3.43. The van der Waals surface area contributed by atoms with Gasteiger partial charge in [0.05, 0.1) is 11.9 Å². The van der Waals surface area contributed by atoms with Gasteiger partial charge in [0, 0.05) is 36.4 Å². The predicted molar refractivity (Wildman–Crippen MR) is 120 cm³/mol. The van der Waals surface area contributed by atoms with Crippen LogP contribution in [0.4, 0.5) is 11.5 Å². The van der Waals surface area contributed by atoms with Crippen molar-refractivity contribution in [2.45, 2.75) is 6.42 Å². The van der Waals surface area contributed by atoms with Gasteiger partial charge in [-0.2, -0.15) is 0 Å². The summed E-state index contributed by atoms with van der Waals surface area (Å²) in [4.78, 5) is 35.8. The molecule has 4 rings (SSSR count). The van der Waals surface area contributed by atoms with Crippen molar-refractivity contribution < 1.29 is 9.59 Å². The quantitative estimate of drug-likeness (QED) is 0.602. The first-order valence-corrected chi connectivity index (χ1v) is 10.2. The summed E-state index contributed by atoms with van der Waals surface area (Å²) >= 11 is 0. The third-order valence-corrected chi connectivity index (χ3v) is 5.10. The normalized spacial score (nSPS) is 14.0. The zero-order valence-electron chi connectivity index (χ0n) is 17.0.